The smallest absolute Gasteiger partial charge is 0.253 e. The van der Waals surface area contributed by atoms with E-state index in [1.165, 1.54) is 0 Å². The maximum Gasteiger partial charge on any atom is 0.253 e. The molecule has 1 aliphatic heterocycles. The zero-order chi connectivity index (χ0) is 22.6. The van der Waals surface area contributed by atoms with Gasteiger partial charge in [-0.2, -0.15) is 0 Å². The van der Waals surface area contributed by atoms with E-state index >= 15 is 0 Å². The Labute approximate surface area is 192 Å². The van der Waals surface area contributed by atoms with E-state index < -0.39 is 0 Å². The molecule has 1 aliphatic rings. The molecule has 6 nitrogen and oxygen atoms in total. The Morgan fingerprint density at radius 1 is 1.03 bits per heavy atom. The van der Waals surface area contributed by atoms with Crippen molar-refractivity contribution >= 4 is 11.6 Å². The molecule has 3 heterocycles. The van der Waals surface area contributed by atoms with Crippen molar-refractivity contribution in [3.63, 3.8) is 0 Å². The summed E-state index contributed by atoms with van der Waals surface area (Å²) in [5.74, 6) is -0.0232. The number of rotatable bonds is 6. The molecule has 6 heteroatoms. The molecule has 33 heavy (non-hydrogen) atoms. The van der Waals surface area contributed by atoms with Gasteiger partial charge in [-0.25, -0.2) is 0 Å². The van der Waals surface area contributed by atoms with Crippen LogP contribution in [0.1, 0.15) is 34.1 Å². The Hall–Kier alpha value is -4.19. The molecule has 2 N–H and O–H groups in total. The zero-order valence-electron chi connectivity index (χ0n) is 18.3. The normalized spacial score (nSPS) is 13.4. The standard InChI is InChI=1S/C27H24N4O2/c1-18(31-33-17-19-6-3-2-4-7-19)20-8-5-9-21(14-20)25-15-22(10-12-28-25)26-16-23-24(30-26)11-13-29-27(23)32/h2-10,12,14-16,30H,11,13,17H2,1H3,(H,29,32)/b31-18+. The number of carbonyl (C=O) groups excluding carboxylic acids is 1. The third-order valence-corrected chi connectivity index (χ3v) is 5.73. The zero-order valence-corrected chi connectivity index (χ0v) is 18.3. The number of oxime groups is 1. The SMILES string of the molecule is C/C(=N\OCc1ccccc1)c1cccc(-c2cc(-c3cc4c([nH]3)CCNC4=O)ccn2)c1. The average molecular weight is 437 g/mol. The molecule has 0 spiro atoms. The first kappa shape index (κ1) is 20.7. The number of H-pyrrole nitrogens is 1. The summed E-state index contributed by atoms with van der Waals surface area (Å²) in [7, 11) is 0. The monoisotopic (exact) mass is 436 g/mol. The van der Waals surface area contributed by atoms with E-state index in [2.05, 4.69) is 26.5 Å². The number of fused-ring (bicyclic) bond motifs is 1. The number of benzene rings is 2. The molecule has 0 unspecified atom stereocenters. The molecule has 0 fully saturated rings. The Morgan fingerprint density at radius 3 is 2.76 bits per heavy atom. The van der Waals surface area contributed by atoms with Gasteiger partial charge < -0.3 is 15.1 Å². The van der Waals surface area contributed by atoms with E-state index in [0.29, 0.717) is 13.2 Å². The van der Waals surface area contributed by atoms with Crippen molar-refractivity contribution in [2.45, 2.75) is 20.0 Å². The summed E-state index contributed by atoms with van der Waals surface area (Å²) >= 11 is 0. The van der Waals surface area contributed by atoms with Gasteiger partial charge in [0, 0.05) is 41.7 Å². The molecule has 0 bridgehead atoms. The predicted molar refractivity (Wildman–Crippen MR) is 129 cm³/mol. The first-order valence-corrected chi connectivity index (χ1v) is 11.0. The number of aromatic nitrogens is 2. The van der Waals surface area contributed by atoms with Crippen molar-refractivity contribution < 1.29 is 9.63 Å². The lowest BCUT2D eigenvalue weighted by atomic mass is 10.0. The molecule has 2 aromatic heterocycles. The Morgan fingerprint density at radius 2 is 1.91 bits per heavy atom. The van der Waals surface area contributed by atoms with Gasteiger partial charge in [-0.05, 0) is 42.3 Å². The van der Waals surface area contributed by atoms with Gasteiger partial charge in [0.15, 0.2) is 0 Å². The van der Waals surface area contributed by atoms with Crippen molar-refractivity contribution in [3.8, 4) is 22.5 Å². The molecule has 2 aromatic carbocycles. The largest absolute Gasteiger partial charge is 0.391 e. The maximum absolute atomic E-state index is 12.1. The first-order valence-electron chi connectivity index (χ1n) is 11.0. The third-order valence-electron chi connectivity index (χ3n) is 5.73. The molecule has 0 radical (unpaired) electrons. The van der Waals surface area contributed by atoms with Gasteiger partial charge in [0.1, 0.15) is 6.61 Å². The second kappa shape index (κ2) is 9.12. The topological polar surface area (TPSA) is 79.4 Å². The summed E-state index contributed by atoms with van der Waals surface area (Å²) in [5, 5.41) is 7.18. The van der Waals surface area contributed by atoms with Gasteiger partial charge in [-0.3, -0.25) is 9.78 Å². The van der Waals surface area contributed by atoms with Crippen LogP contribution in [0.3, 0.4) is 0 Å². The molecule has 0 saturated carbocycles. The lowest BCUT2D eigenvalue weighted by Gasteiger charge is -2.11. The summed E-state index contributed by atoms with van der Waals surface area (Å²) in [6, 6.07) is 24.0. The Kier molecular flexibility index (Phi) is 5.72. The minimum Gasteiger partial charge on any atom is -0.391 e. The van der Waals surface area contributed by atoms with Gasteiger partial charge in [-0.1, -0.05) is 53.7 Å². The second-order valence-electron chi connectivity index (χ2n) is 8.03. The average Bonchev–Trinajstić information content (AvgIpc) is 3.31. The van der Waals surface area contributed by atoms with Crippen LogP contribution in [0.5, 0.6) is 0 Å². The number of hydrogen-bond donors (Lipinski definition) is 2. The van der Waals surface area contributed by atoms with Gasteiger partial charge in [0.25, 0.3) is 5.91 Å². The Bertz CT molecular complexity index is 1320. The van der Waals surface area contributed by atoms with Crippen LogP contribution in [-0.4, -0.2) is 28.1 Å². The minimum absolute atomic E-state index is 0.0232. The third kappa shape index (κ3) is 4.55. The van der Waals surface area contributed by atoms with Crippen LogP contribution in [0.25, 0.3) is 22.5 Å². The highest BCUT2D eigenvalue weighted by Crippen LogP contribution is 2.27. The van der Waals surface area contributed by atoms with Crippen molar-refractivity contribution in [1.82, 2.24) is 15.3 Å². The quantitative estimate of drug-likeness (QED) is 0.331. The van der Waals surface area contributed by atoms with E-state index in [4.69, 9.17) is 4.84 Å². The van der Waals surface area contributed by atoms with Crippen LogP contribution in [0, 0.1) is 0 Å². The fourth-order valence-corrected chi connectivity index (χ4v) is 3.94. The van der Waals surface area contributed by atoms with Crippen LogP contribution in [0.15, 0.2) is 84.1 Å². The van der Waals surface area contributed by atoms with Crippen LogP contribution in [0.2, 0.25) is 0 Å². The number of aromatic amines is 1. The second-order valence-corrected chi connectivity index (χ2v) is 8.03. The molecule has 1 amide bonds. The van der Waals surface area contributed by atoms with Crippen LogP contribution in [0.4, 0.5) is 0 Å². The number of carbonyl (C=O) groups is 1. The molecule has 164 valence electrons. The summed E-state index contributed by atoms with van der Waals surface area (Å²) < 4.78 is 0. The van der Waals surface area contributed by atoms with Gasteiger partial charge in [0.05, 0.1) is 17.0 Å². The van der Waals surface area contributed by atoms with Gasteiger partial charge in [-0.15, -0.1) is 0 Å². The number of hydrogen-bond acceptors (Lipinski definition) is 4. The predicted octanol–water partition coefficient (Wildman–Crippen LogP) is 4.97. The molecule has 4 aromatic rings. The molecular weight excluding hydrogens is 412 g/mol. The van der Waals surface area contributed by atoms with E-state index in [9.17, 15) is 4.79 Å². The molecule has 5 rings (SSSR count). The molecule has 0 atom stereocenters. The summed E-state index contributed by atoms with van der Waals surface area (Å²) in [6.07, 6.45) is 2.60. The van der Waals surface area contributed by atoms with Crippen LogP contribution in [-0.2, 0) is 17.9 Å². The Balaban J connectivity index is 1.37. The van der Waals surface area contributed by atoms with Crippen molar-refractivity contribution in [2.75, 3.05) is 6.54 Å². The summed E-state index contributed by atoms with van der Waals surface area (Å²) in [6.45, 7) is 3.03. The highest BCUT2D eigenvalue weighted by Gasteiger charge is 2.20. The van der Waals surface area contributed by atoms with Crippen molar-refractivity contribution in [1.29, 1.82) is 0 Å². The van der Waals surface area contributed by atoms with Crippen molar-refractivity contribution in [2.24, 2.45) is 5.16 Å². The first-order chi connectivity index (χ1) is 16.2. The lowest BCUT2D eigenvalue weighted by molar-refractivity contribution is 0.0946. The summed E-state index contributed by atoms with van der Waals surface area (Å²) in [5.41, 5.74) is 8.30. The van der Waals surface area contributed by atoms with E-state index in [-0.39, 0.29) is 5.91 Å². The molecular formula is C27H24N4O2. The highest BCUT2D eigenvalue weighted by atomic mass is 16.6. The number of nitrogens with one attached hydrogen (secondary N) is 2. The van der Waals surface area contributed by atoms with E-state index in [0.717, 1.165) is 57.0 Å². The van der Waals surface area contributed by atoms with Gasteiger partial charge >= 0.3 is 0 Å². The molecule has 0 aliphatic carbocycles. The fraction of sp³-hybridized carbons (Fsp3) is 0.148. The van der Waals surface area contributed by atoms with Gasteiger partial charge in [0.2, 0.25) is 0 Å². The van der Waals surface area contributed by atoms with E-state index in [1.807, 2.05) is 73.7 Å². The van der Waals surface area contributed by atoms with Crippen LogP contribution >= 0.6 is 0 Å². The highest BCUT2D eigenvalue weighted by molar-refractivity contribution is 5.99. The van der Waals surface area contributed by atoms with Crippen molar-refractivity contribution in [3.05, 3.63) is 101 Å². The van der Waals surface area contributed by atoms with E-state index in [1.54, 1.807) is 6.20 Å². The number of amides is 1. The fourth-order valence-electron chi connectivity index (χ4n) is 3.94. The number of nitrogens with zero attached hydrogens (tertiary/aromatic N) is 2. The lowest BCUT2D eigenvalue weighted by Crippen LogP contribution is -2.31. The summed E-state index contributed by atoms with van der Waals surface area (Å²) in [4.78, 5) is 25.6. The minimum atomic E-state index is -0.0232. The molecule has 0 saturated heterocycles. The van der Waals surface area contributed by atoms with Crippen LogP contribution < -0.4 is 5.32 Å². The number of pyridine rings is 1. The maximum atomic E-state index is 12.1.